The fraction of sp³-hybridized carbons (Fsp3) is 0.875. The highest BCUT2D eigenvalue weighted by molar-refractivity contribution is 4.94. The Morgan fingerprint density at radius 3 is 3.27 bits per heavy atom. The molecule has 0 aromatic carbocycles. The maximum absolute atomic E-state index is 8.61. The lowest BCUT2D eigenvalue weighted by atomic mass is 10.2. The second-order valence-corrected chi connectivity index (χ2v) is 3.24. The van der Waals surface area contributed by atoms with Gasteiger partial charge in [0.1, 0.15) is 0 Å². The van der Waals surface area contributed by atoms with Crippen molar-refractivity contribution < 1.29 is 4.74 Å². The monoisotopic (exact) mass is 152 g/mol. The van der Waals surface area contributed by atoms with E-state index in [-0.39, 0.29) is 6.10 Å². The number of fused-ring (bicyclic) bond motifs is 1. The minimum absolute atomic E-state index is 0.177. The second-order valence-electron chi connectivity index (χ2n) is 3.24. The summed E-state index contributed by atoms with van der Waals surface area (Å²) in [6.07, 6.45) is 2.34. The van der Waals surface area contributed by atoms with Crippen molar-refractivity contribution in [2.24, 2.45) is 0 Å². The molecule has 0 bridgehead atoms. The molecule has 3 nitrogen and oxygen atoms in total. The Kier molecular flexibility index (Phi) is 1.80. The van der Waals surface area contributed by atoms with E-state index in [2.05, 4.69) is 11.0 Å². The summed E-state index contributed by atoms with van der Waals surface area (Å²) in [5, 5.41) is 8.61. The van der Waals surface area contributed by atoms with Crippen LogP contribution in [0.5, 0.6) is 0 Å². The summed E-state index contributed by atoms with van der Waals surface area (Å²) in [5.41, 5.74) is 0. The molecule has 0 amide bonds. The third-order valence-electron chi connectivity index (χ3n) is 2.53. The maximum Gasteiger partial charge on any atom is 0.156 e. The molecule has 2 saturated heterocycles. The van der Waals surface area contributed by atoms with Gasteiger partial charge in [-0.3, -0.25) is 4.90 Å². The van der Waals surface area contributed by atoms with E-state index in [1.165, 1.54) is 12.8 Å². The van der Waals surface area contributed by atoms with E-state index in [0.29, 0.717) is 6.04 Å². The van der Waals surface area contributed by atoms with E-state index in [0.717, 1.165) is 19.7 Å². The second kappa shape index (κ2) is 2.80. The van der Waals surface area contributed by atoms with Crippen LogP contribution in [0.4, 0.5) is 0 Å². The molecule has 2 heterocycles. The van der Waals surface area contributed by atoms with Crippen molar-refractivity contribution in [2.45, 2.75) is 25.0 Å². The molecule has 0 unspecified atom stereocenters. The highest BCUT2D eigenvalue weighted by Crippen LogP contribution is 2.21. The molecule has 0 saturated carbocycles. The van der Waals surface area contributed by atoms with Crippen molar-refractivity contribution in [3.8, 4) is 6.07 Å². The predicted molar refractivity (Wildman–Crippen MR) is 39.9 cm³/mol. The molecule has 3 heteroatoms. The zero-order chi connectivity index (χ0) is 7.68. The zero-order valence-electron chi connectivity index (χ0n) is 6.49. The maximum atomic E-state index is 8.61. The number of hydrogen-bond donors (Lipinski definition) is 0. The number of rotatable bonds is 0. The highest BCUT2D eigenvalue weighted by Gasteiger charge is 2.31. The van der Waals surface area contributed by atoms with E-state index in [4.69, 9.17) is 10.00 Å². The van der Waals surface area contributed by atoms with Crippen molar-refractivity contribution in [1.29, 1.82) is 5.26 Å². The summed E-state index contributed by atoms with van der Waals surface area (Å²) in [6, 6.07) is 2.76. The molecular weight excluding hydrogens is 140 g/mol. The molecule has 2 aliphatic heterocycles. The highest BCUT2D eigenvalue weighted by atomic mass is 16.5. The third kappa shape index (κ3) is 1.24. The quantitative estimate of drug-likeness (QED) is 0.503. The van der Waals surface area contributed by atoms with E-state index in [1.807, 2.05) is 0 Å². The van der Waals surface area contributed by atoms with Gasteiger partial charge in [-0.15, -0.1) is 0 Å². The Bertz CT molecular complexity index is 187. The van der Waals surface area contributed by atoms with E-state index < -0.39 is 0 Å². The summed E-state index contributed by atoms with van der Waals surface area (Å²) in [4.78, 5) is 2.37. The third-order valence-corrected chi connectivity index (χ3v) is 2.53. The van der Waals surface area contributed by atoms with Crippen LogP contribution in [0.2, 0.25) is 0 Å². The average molecular weight is 152 g/mol. The van der Waals surface area contributed by atoms with Gasteiger partial charge in [-0.2, -0.15) is 5.26 Å². The number of morpholine rings is 1. The lowest BCUT2D eigenvalue weighted by Gasteiger charge is -2.31. The standard InChI is InChI=1S/C8H12N2O/c9-4-8-5-10-3-1-2-7(10)6-11-8/h7-8H,1-3,5-6H2/t7-,8+/m0/s1. The van der Waals surface area contributed by atoms with Gasteiger partial charge in [0.25, 0.3) is 0 Å². The Hall–Kier alpha value is -0.590. The SMILES string of the molecule is N#C[C@@H]1CN2CCC[C@H]2CO1. The molecule has 0 aromatic rings. The molecule has 0 N–H and O–H groups in total. The van der Waals surface area contributed by atoms with Crippen LogP contribution in [-0.2, 0) is 4.74 Å². The first-order chi connectivity index (χ1) is 5.40. The number of nitriles is 1. The zero-order valence-corrected chi connectivity index (χ0v) is 6.49. The summed E-state index contributed by atoms with van der Waals surface area (Å²) in [6.45, 7) is 2.74. The number of nitrogens with zero attached hydrogens (tertiary/aromatic N) is 2. The first-order valence-electron chi connectivity index (χ1n) is 4.15. The Labute approximate surface area is 66.5 Å². The van der Waals surface area contributed by atoms with Gasteiger partial charge in [-0.1, -0.05) is 0 Å². The van der Waals surface area contributed by atoms with Gasteiger partial charge < -0.3 is 4.74 Å². The van der Waals surface area contributed by atoms with Gasteiger partial charge in [0.05, 0.1) is 12.7 Å². The first-order valence-corrected chi connectivity index (χ1v) is 4.15. The van der Waals surface area contributed by atoms with Crippen molar-refractivity contribution in [2.75, 3.05) is 19.7 Å². The topological polar surface area (TPSA) is 36.3 Å². The molecule has 0 radical (unpaired) electrons. The predicted octanol–water partition coefficient (Wildman–Crippen LogP) is 0.373. The molecule has 0 aliphatic carbocycles. The largest absolute Gasteiger partial charge is 0.360 e. The van der Waals surface area contributed by atoms with Crippen LogP contribution in [0.3, 0.4) is 0 Å². The molecule has 0 aromatic heterocycles. The van der Waals surface area contributed by atoms with Crippen LogP contribution in [0.1, 0.15) is 12.8 Å². The molecule has 2 atom stereocenters. The summed E-state index contributed by atoms with van der Waals surface area (Å²) < 4.78 is 5.34. The van der Waals surface area contributed by atoms with Crippen LogP contribution in [0, 0.1) is 11.3 Å². The minimum atomic E-state index is -0.177. The lowest BCUT2D eigenvalue weighted by molar-refractivity contribution is -0.0217. The van der Waals surface area contributed by atoms with Crippen LogP contribution < -0.4 is 0 Å². The van der Waals surface area contributed by atoms with Crippen LogP contribution in [-0.4, -0.2) is 36.7 Å². The Balaban J connectivity index is 1.97. The van der Waals surface area contributed by atoms with E-state index >= 15 is 0 Å². The fourth-order valence-electron chi connectivity index (χ4n) is 1.90. The average Bonchev–Trinajstić information content (AvgIpc) is 2.50. The smallest absolute Gasteiger partial charge is 0.156 e. The number of hydrogen-bond acceptors (Lipinski definition) is 3. The molecule has 2 fully saturated rings. The van der Waals surface area contributed by atoms with Crippen molar-refractivity contribution in [3.05, 3.63) is 0 Å². The first kappa shape index (κ1) is 7.08. The molecular formula is C8H12N2O. The van der Waals surface area contributed by atoms with Crippen molar-refractivity contribution >= 4 is 0 Å². The molecule has 2 aliphatic rings. The summed E-state index contributed by atoms with van der Waals surface area (Å²) >= 11 is 0. The van der Waals surface area contributed by atoms with Gasteiger partial charge >= 0.3 is 0 Å². The van der Waals surface area contributed by atoms with E-state index in [9.17, 15) is 0 Å². The molecule has 11 heavy (non-hydrogen) atoms. The van der Waals surface area contributed by atoms with Crippen molar-refractivity contribution in [1.82, 2.24) is 4.90 Å². The Morgan fingerprint density at radius 1 is 1.55 bits per heavy atom. The van der Waals surface area contributed by atoms with Crippen LogP contribution in [0.25, 0.3) is 0 Å². The molecule has 2 rings (SSSR count). The normalized spacial score (nSPS) is 38.1. The van der Waals surface area contributed by atoms with Crippen LogP contribution in [0.15, 0.2) is 0 Å². The van der Waals surface area contributed by atoms with Crippen molar-refractivity contribution in [3.63, 3.8) is 0 Å². The summed E-state index contributed by atoms with van der Waals surface area (Å²) in [5.74, 6) is 0. The van der Waals surface area contributed by atoms with Gasteiger partial charge in [-0.25, -0.2) is 0 Å². The number of ether oxygens (including phenoxy) is 1. The fourth-order valence-corrected chi connectivity index (χ4v) is 1.90. The van der Waals surface area contributed by atoms with Gasteiger partial charge in [0, 0.05) is 12.6 Å². The van der Waals surface area contributed by atoms with E-state index in [1.54, 1.807) is 0 Å². The minimum Gasteiger partial charge on any atom is -0.360 e. The molecule has 0 spiro atoms. The van der Waals surface area contributed by atoms with Gasteiger partial charge in [-0.05, 0) is 19.4 Å². The van der Waals surface area contributed by atoms with Gasteiger partial charge in [0.15, 0.2) is 6.10 Å². The van der Waals surface area contributed by atoms with Crippen LogP contribution >= 0.6 is 0 Å². The van der Waals surface area contributed by atoms with Gasteiger partial charge in [0.2, 0.25) is 0 Å². The Morgan fingerprint density at radius 2 is 2.45 bits per heavy atom. The summed E-state index contributed by atoms with van der Waals surface area (Å²) in [7, 11) is 0. The molecule has 60 valence electrons. The lowest BCUT2D eigenvalue weighted by Crippen LogP contribution is -2.45.